The van der Waals surface area contributed by atoms with Crippen LogP contribution >= 0.6 is 0 Å². The maximum absolute atomic E-state index is 11.6. The molecule has 1 atom stereocenters. The number of nitrogens with zero attached hydrogens (tertiary/aromatic N) is 1. The summed E-state index contributed by atoms with van der Waals surface area (Å²) in [5, 5.41) is 0. The van der Waals surface area contributed by atoms with Crippen LogP contribution < -0.4 is 9.47 Å². The Morgan fingerprint density at radius 1 is 1.33 bits per heavy atom. The van der Waals surface area contributed by atoms with Crippen LogP contribution in [0.3, 0.4) is 0 Å². The van der Waals surface area contributed by atoms with Gasteiger partial charge in [0.1, 0.15) is 6.61 Å². The van der Waals surface area contributed by atoms with Gasteiger partial charge in [-0.3, -0.25) is 4.79 Å². The van der Waals surface area contributed by atoms with Crippen molar-refractivity contribution in [2.75, 3.05) is 20.7 Å². The topological polar surface area (TPSA) is 38.8 Å². The summed E-state index contributed by atoms with van der Waals surface area (Å²) in [5.41, 5.74) is 0. The van der Waals surface area contributed by atoms with Crippen LogP contribution in [-0.2, 0) is 4.79 Å². The van der Waals surface area contributed by atoms with Crippen LogP contribution in [0.2, 0.25) is 0 Å². The summed E-state index contributed by atoms with van der Waals surface area (Å²) < 4.78 is 11.0. The van der Waals surface area contributed by atoms with Gasteiger partial charge in [-0.05, 0) is 12.1 Å². The number of ether oxygens (including phenoxy) is 2. The fraction of sp³-hybridized carbons (Fsp3) is 0.364. The molecular formula is C11H13NO3. The summed E-state index contributed by atoms with van der Waals surface area (Å²) in [6.45, 7) is 0.272. The highest BCUT2D eigenvalue weighted by atomic mass is 16.6. The molecule has 80 valence electrons. The largest absolute Gasteiger partial charge is 0.485 e. The summed E-state index contributed by atoms with van der Waals surface area (Å²) in [6.07, 6.45) is -0.533. The van der Waals surface area contributed by atoms with Gasteiger partial charge in [-0.2, -0.15) is 0 Å². The molecule has 1 heterocycles. The number of carbonyl (C=O) groups is 1. The van der Waals surface area contributed by atoms with E-state index >= 15 is 0 Å². The molecule has 0 aliphatic carbocycles. The fourth-order valence-corrected chi connectivity index (χ4v) is 1.43. The molecule has 1 aliphatic heterocycles. The lowest BCUT2D eigenvalue weighted by molar-refractivity contribution is -0.138. The van der Waals surface area contributed by atoms with Crippen molar-refractivity contribution < 1.29 is 14.3 Å². The van der Waals surface area contributed by atoms with Crippen molar-refractivity contribution in [1.82, 2.24) is 4.90 Å². The summed E-state index contributed by atoms with van der Waals surface area (Å²) >= 11 is 0. The minimum Gasteiger partial charge on any atom is -0.485 e. The van der Waals surface area contributed by atoms with Crippen LogP contribution in [0.5, 0.6) is 11.5 Å². The molecule has 1 aliphatic rings. The van der Waals surface area contributed by atoms with E-state index in [2.05, 4.69) is 0 Å². The highest BCUT2D eigenvalue weighted by Crippen LogP contribution is 2.30. The summed E-state index contributed by atoms with van der Waals surface area (Å²) in [4.78, 5) is 13.1. The second kappa shape index (κ2) is 3.81. The molecule has 4 heteroatoms. The molecule has 0 saturated carbocycles. The van der Waals surface area contributed by atoms with Crippen molar-refractivity contribution in [1.29, 1.82) is 0 Å². The average Bonchev–Trinajstić information content (AvgIpc) is 2.27. The Balaban J connectivity index is 2.15. The lowest BCUT2D eigenvalue weighted by Crippen LogP contribution is -2.43. The Hall–Kier alpha value is -1.71. The molecule has 0 spiro atoms. The van der Waals surface area contributed by atoms with E-state index in [1.165, 1.54) is 4.90 Å². The third kappa shape index (κ3) is 1.88. The van der Waals surface area contributed by atoms with Gasteiger partial charge >= 0.3 is 0 Å². The SMILES string of the molecule is CN(C)C(=O)[C@@H]1COc2ccccc2O1. The maximum Gasteiger partial charge on any atom is 0.266 e. The first-order valence-electron chi connectivity index (χ1n) is 4.78. The molecule has 15 heavy (non-hydrogen) atoms. The van der Waals surface area contributed by atoms with Crippen LogP contribution in [0.1, 0.15) is 0 Å². The molecule has 1 aromatic rings. The van der Waals surface area contributed by atoms with E-state index < -0.39 is 6.10 Å². The van der Waals surface area contributed by atoms with Gasteiger partial charge in [0.25, 0.3) is 5.91 Å². The molecule has 1 amide bonds. The maximum atomic E-state index is 11.6. The molecule has 0 bridgehead atoms. The Kier molecular flexibility index (Phi) is 2.49. The number of amides is 1. The molecule has 2 rings (SSSR count). The molecular weight excluding hydrogens is 194 g/mol. The molecule has 0 aromatic heterocycles. The Morgan fingerprint density at radius 3 is 2.67 bits per heavy atom. The molecule has 0 saturated heterocycles. The standard InChI is InChI=1S/C11H13NO3/c1-12(2)11(13)10-7-14-8-5-3-4-6-9(8)15-10/h3-6,10H,7H2,1-2H3/t10-/m0/s1. The first-order valence-corrected chi connectivity index (χ1v) is 4.78. The van der Waals surface area contributed by atoms with Crippen molar-refractivity contribution in [2.24, 2.45) is 0 Å². The van der Waals surface area contributed by atoms with E-state index in [1.54, 1.807) is 20.2 Å². The van der Waals surface area contributed by atoms with Crippen LogP contribution in [0.15, 0.2) is 24.3 Å². The predicted molar refractivity (Wildman–Crippen MR) is 55.0 cm³/mol. The van der Waals surface area contributed by atoms with Gasteiger partial charge in [0.05, 0.1) is 0 Å². The Morgan fingerprint density at radius 2 is 2.00 bits per heavy atom. The Bertz CT molecular complexity index is 376. The van der Waals surface area contributed by atoms with Gasteiger partial charge in [0, 0.05) is 14.1 Å². The minimum atomic E-state index is -0.533. The van der Waals surface area contributed by atoms with Gasteiger partial charge < -0.3 is 14.4 Å². The van der Waals surface area contributed by atoms with Gasteiger partial charge in [-0.1, -0.05) is 12.1 Å². The number of benzene rings is 1. The highest BCUT2D eigenvalue weighted by molar-refractivity contribution is 5.81. The van der Waals surface area contributed by atoms with Gasteiger partial charge in [-0.15, -0.1) is 0 Å². The van der Waals surface area contributed by atoms with Gasteiger partial charge in [-0.25, -0.2) is 0 Å². The molecule has 0 unspecified atom stereocenters. The van der Waals surface area contributed by atoms with Gasteiger partial charge in [0.15, 0.2) is 11.5 Å². The third-order valence-electron chi connectivity index (χ3n) is 2.22. The van der Waals surface area contributed by atoms with E-state index in [0.29, 0.717) is 11.5 Å². The zero-order valence-corrected chi connectivity index (χ0v) is 8.77. The van der Waals surface area contributed by atoms with Gasteiger partial charge in [0.2, 0.25) is 6.10 Å². The number of para-hydroxylation sites is 2. The first kappa shape index (κ1) is 9.83. The zero-order chi connectivity index (χ0) is 10.8. The monoisotopic (exact) mass is 207 g/mol. The lowest BCUT2D eigenvalue weighted by Gasteiger charge is -2.27. The van der Waals surface area contributed by atoms with Crippen LogP contribution in [0.25, 0.3) is 0 Å². The molecule has 0 radical (unpaired) electrons. The van der Waals surface area contributed by atoms with E-state index in [1.807, 2.05) is 18.2 Å². The average molecular weight is 207 g/mol. The van der Waals surface area contributed by atoms with Crippen molar-refractivity contribution >= 4 is 5.91 Å². The van der Waals surface area contributed by atoms with Crippen molar-refractivity contribution in [3.05, 3.63) is 24.3 Å². The summed E-state index contributed by atoms with van der Waals surface area (Å²) in [6, 6.07) is 7.34. The molecule has 4 nitrogen and oxygen atoms in total. The molecule has 1 aromatic carbocycles. The number of carbonyl (C=O) groups excluding carboxylic acids is 1. The third-order valence-corrected chi connectivity index (χ3v) is 2.22. The highest BCUT2D eigenvalue weighted by Gasteiger charge is 2.28. The molecule has 0 fully saturated rings. The van der Waals surface area contributed by atoms with Crippen LogP contribution in [-0.4, -0.2) is 37.6 Å². The molecule has 0 N–H and O–H groups in total. The smallest absolute Gasteiger partial charge is 0.266 e. The van der Waals surface area contributed by atoms with E-state index in [0.717, 1.165) is 0 Å². The number of fused-ring (bicyclic) bond motifs is 1. The summed E-state index contributed by atoms with van der Waals surface area (Å²) in [5.74, 6) is 1.24. The number of rotatable bonds is 1. The normalized spacial score (nSPS) is 18.4. The predicted octanol–water partition coefficient (Wildman–Crippen LogP) is 0.915. The number of likely N-dealkylation sites (N-methyl/N-ethyl adjacent to an activating group) is 1. The summed E-state index contributed by atoms with van der Waals surface area (Å²) in [7, 11) is 3.40. The van der Waals surface area contributed by atoms with Crippen LogP contribution in [0.4, 0.5) is 0 Å². The van der Waals surface area contributed by atoms with E-state index in [-0.39, 0.29) is 12.5 Å². The first-order chi connectivity index (χ1) is 7.18. The van der Waals surface area contributed by atoms with E-state index in [4.69, 9.17) is 9.47 Å². The van der Waals surface area contributed by atoms with Crippen molar-refractivity contribution in [3.63, 3.8) is 0 Å². The second-order valence-electron chi connectivity index (χ2n) is 3.60. The quantitative estimate of drug-likeness (QED) is 0.687. The Labute approximate surface area is 88.4 Å². The van der Waals surface area contributed by atoms with Crippen molar-refractivity contribution in [3.8, 4) is 11.5 Å². The van der Waals surface area contributed by atoms with Crippen LogP contribution in [0, 0.1) is 0 Å². The fourth-order valence-electron chi connectivity index (χ4n) is 1.43. The van der Waals surface area contributed by atoms with Crippen molar-refractivity contribution in [2.45, 2.75) is 6.10 Å². The second-order valence-corrected chi connectivity index (χ2v) is 3.60. The number of hydrogen-bond acceptors (Lipinski definition) is 3. The minimum absolute atomic E-state index is 0.0792. The number of hydrogen-bond donors (Lipinski definition) is 0. The van der Waals surface area contributed by atoms with E-state index in [9.17, 15) is 4.79 Å². The lowest BCUT2D eigenvalue weighted by atomic mass is 10.2. The zero-order valence-electron chi connectivity index (χ0n) is 8.77.